The number of carbonyl (C=O) groups excluding carboxylic acids is 2. The van der Waals surface area contributed by atoms with E-state index in [1.165, 1.54) is 57.8 Å². The van der Waals surface area contributed by atoms with Crippen LogP contribution in [-0.4, -0.2) is 90.4 Å². The minimum Gasteiger partial charge on any atom is -0.356 e. The molecule has 0 unspecified atom stereocenters. The second-order valence-electron chi connectivity index (χ2n) is 14.4. The predicted octanol–water partition coefficient (Wildman–Crippen LogP) is 1.98. The van der Waals surface area contributed by atoms with E-state index in [4.69, 9.17) is 11.5 Å². The zero-order valence-electron chi connectivity index (χ0n) is 27.9. The highest BCUT2D eigenvalue weighted by Gasteiger charge is 2.58. The highest BCUT2D eigenvalue weighted by molar-refractivity contribution is 5.77. The Bertz CT molecular complexity index is 723. The van der Waals surface area contributed by atoms with Gasteiger partial charge in [0.2, 0.25) is 11.8 Å². The van der Waals surface area contributed by atoms with E-state index < -0.39 is 0 Å². The first kappa shape index (κ1) is 37.2. The molecule has 44 heavy (non-hydrogen) atoms. The summed E-state index contributed by atoms with van der Waals surface area (Å²) >= 11 is 0. The molecule has 256 valence electrons. The largest absolute Gasteiger partial charge is 0.356 e. The van der Waals surface area contributed by atoms with Crippen molar-refractivity contribution in [3.05, 3.63) is 0 Å². The summed E-state index contributed by atoms with van der Waals surface area (Å²) in [5.74, 6) is 1.81. The van der Waals surface area contributed by atoms with Gasteiger partial charge in [0.25, 0.3) is 0 Å². The number of hydrogen-bond acceptors (Lipinski definition) is 8. The Morgan fingerprint density at radius 1 is 0.500 bits per heavy atom. The number of amides is 2. The van der Waals surface area contributed by atoms with Crippen molar-refractivity contribution in [3.8, 4) is 0 Å². The molecule has 0 saturated heterocycles. The van der Waals surface area contributed by atoms with Gasteiger partial charge in [0.05, 0.1) is 0 Å². The lowest BCUT2D eigenvalue weighted by Crippen LogP contribution is -2.54. The maximum absolute atomic E-state index is 13.0. The van der Waals surface area contributed by atoms with E-state index in [2.05, 4.69) is 31.9 Å². The molecule has 0 radical (unpaired) electrons. The molecular formula is C34H68N8O2. The normalized spacial score (nSPS) is 25.4. The number of nitrogens with two attached hydrogens (primary N) is 2. The van der Waals surface area contributed by atoms with Crippen molar-refractivity contribution in [2.45, 2.75) is 103 Å². The van der Waals surface area contributed by atoms with E-state index in [9.17, 15) is 9.59 Å². The van der Waals surface area contributed by atoms with E-state index >= 15 is 0 Å². The molecule has 4 aliphatic rings. The average Bonchev–Trinajstić information content (AvgIpc) is 2.97. The number of unbranched alkanes of at least 4 members (excludes halogenated alkanes) is 2. The second kappa shape index (κ2) is 21.5. The summed E-state index contributed by atoms with van der Waals surface area (Å²) < 4.78 is 0. The molecule has 4 aliphatic carbocycles. The molecule has 0 aromatic rings. The van der Waals surface area contributed by atoms with Gasteiger partial charge in [-0.25, -0.2) is 0 Å². The molecule has 0 atom stereocenters. The molecule has 4 rings (SSSR count). The van der Waals surface area contributed by atoms with E-state index in [-0.39, 0.29) is 22.6 Å². The van der Waals surface area contributed by atoms with Crippen LogP contribution in [0, 0.1) is 22.7 Å². The molecule has 0 spiro atoms. The van der Waals surface area contributed by atoms with Crippen molar-refractivity contribution in [2.24, 2.45) is 34.1 Å². The molecule has 0 aliphatic heterocycles. The molecule has 10 heteroatoms. The van der Waals surface area contributed by atoms with Crippen LogP contribution in [0.25, 0.3) is 0 Å². The van der Waals surface area contributed by atoms with Gasteiger partial charge in [0.15, 0.2) is 0 Å². The van der Waals surface area contributed by atoms with Gasteiger partial charge in [0, 0.05) is 25.9 Å². The molecule has 2 amide bonds. The maximum Gasteiger partial charge on any atom is 0.220 e. The third-order valence-corrected chi connectivity index (χ3v) is 10.1. The number of carbonyl (C=O) groups is 2. The van der Waals surface area contributed by atoms with Crippen LogP contribution in [0.1, 0.15) is 103 Å². The lowest BCUT2D eigenvalue weighted by Gasteiger charge is -2.62. The monoisotopic (exact) mass is 621 g/mol. The SMILES string of the molecule is NCCCNCCCCNCCCNC(=O)CC12CC3CC(C1)CC(CC(=O)NCCCNCCCCNCCCN)(C3)C2. The zero-order valence-corrected chi connectivity index (χ0v) is 27.9. The molecule has 0 heterocycles. The summed E-state index contributed by atoms with van der Waals surface area (Å²) in [5.41, 5.74) is 11.2. The van der Waals surface area contributed by atoms with Crippen LogP contribution >= 0.6 is 0 Å². The Kier molecular flexibility index (Phi) is 18.1. The fraction of sp³-hybridized carbons (Fsp3) is 0.941. The van der Waals surface area contributed by atoms with Crippen molar-refractivity contribution in [1.29, 1.82) is 0 Å². The third-order valence-electron chi connectivity index (χ3n) is 10.1. The van der Waals surface area contributed by atoms with Crippen molar-refractivity contribution < 1.29 is 9.59 Å². The van der Waals surface area contributed by atoms with Crippen LogP contribution in [0.2, 0.25) is 0 Å². The van der Waals surface area contributed by atoms with E-state index in [1.54, 1.807) is 0 Å². The minimum absolute atomic E-state index is 0.106. The van der Waals surface area contributed by atoms with E-state index in [1.807, 2.05) is 0 Å². The topological polar surface area (TPSA) is 158 Å². The molecule has 0 aromatic heterocycles. The van der Waals surface area contributed by atoms with Crippen molar-refractivity contribution in [1.82, 2.24) is 31.9 Å². The minimum atomic E-state index is 0.106. The quantitative estimate of drug-likeness (QED) is 0.0617. The standard InChI is InChI=1S/C34H68N8O2/c35-9-5-15-37-11-1-3-13-39-17-7-19-41-31(43)26-33-22-29-21-30(23-33)25-34(24-29,28-33)27-32(44)42-20-8-18-40-14-4-2-12-38-16-6-10-36/h29-30,37-40H,1-28,35-36H2,(H,41,43)(H,42,44). The third kappa shape index (κ3) is 14.4. The Balaban J connectivity index is 1.24. The lowest BCUT2D eigenvalue weighted by molar-refractivity contribution is -0.146. The first-order valence-corrected chi connectivity index (χ1v) is 18.2. The lowest BCUT2D eigenvalue weighted by atomic mass is 9.43. The Labute approximate surface area is 268 Å². The molecule has 10 N–H and O–H groups in total. The summed E-state index contributed by atoms with van der Waals surface area (Å²) in [4.78, 5) is 26.1. The smallest absolute Gasteiger partial charge is 0.220 e. The van der Waals surface area contributed by atoms with Gasteiger partial charge in [0.1, 0.15) is 0 Å². The van der Waals surface area contributed by atoms with Crippen molar-refractivity contribution in [3.63, 3.8) is 0 Å². The van der Waals surface area contributed by atoms with Gasteiger partial charge in [-0.15, -0.1) is 0 Å². The summed E-state index contributed by atoms with van der Waals surface area (Å²) in [6.07, 6.45) is 17.0. The predicted molar refractivity (Wildman–Crippen MR) is 181 cm³/mol. The Morgan fingerprint density at radius 2 is 0.841 bits per heavy atom. The highest BCUT2D eigenvalue weighted by Crippen LogP contribution is 2.67. The van der Waals surface area contributed by atoms with Crippen molar-refractivity contribution in [2.75, 3.05) is 78.5 Å². The van der Waals surface area contributed by atoms with Gasteiger partial charge >= 0.3 is 0 Å². The first-order valence-electron chi connectivity index (χ1n) is 18.2. The first-order chi connectivity index (χ1) is 21.5. The van der Waals surface area contributed by atoms with Crippen LogP contribution in [0.4, 0.5) is 0 Å². The van der Waals surface area contributed by atoms with Gasteiger partial charge in [-0.2, -0.15) is 0 Å². The zero-order chi connectivity index (χ0) is 31.4. The molecule has 0 aromatic carbocycles. The van der Waals surface area contributed by atoms with Gasteiger partial charge in [-0.3, -0.25) is 9.59 Å². The average molecular weight is 621 g/mol. The fourth-order valence-electron chi connectivity index (χ4n) is 8.71. The molecular weight excluding hydrogens is 552 g/mol. The fourth-order valence-corrected chi connectivity index (χ4v) is 8.71. The summed E-state index contributed by atoms with van der Waals surface area (Å²) in [7, 11) is 0. The van der Waals surface area contributed by atoms with Gasteiger partial charge in [-0.1, -0.05) is 0 Å². The van der Waals surface area contributed by atoms with Crippen LogP contribution in [-0.2, 0) is 9.59 Å². The summed E-state index contributed by atoms with van der Waals surface area (Å²) in [6, 6.07) is 0. The summed E-state index contributed by atoms with van der Waals surface area (Å²) in [5, 5.41) is 20.3. The van der Waals surface area contributed by atoms with Gasteiger partial charge in [-0.05, 0) is 178 Å². The number of hydrogen-bond donors (Lipinski definition) is 8. The van der Waals surface area contributed by atoms with Crippen LogP contribution < -0.4 is 43.4 Å². The number of nitrogens with one attached hydrogen (secondary N) is 6. The Morgan fingerprint density at radius 3 is 1.20 bits per heavy atom. The van der Waals surface area contributed by atoms with Crippen LogP contribution in [0.3, 0.4) is 0 Å². The maximum atomic E-state index is 13.0. The molecule has 4 fully saturated rings. The molecule has 4 bridgehead atoms. The highest BCUT2D eigenvalue weighted by atomic mass is 16.2. The van der Waals surface area contributed by atoms with Crippen LogP contribution in [0.5, 0.6) is 0 Å². The Hall–Kier alpha value is -1.30. The molecule has 4 saturated carbocycles. The van der Waals surface area contributed by atoms with Gasteiger partial charge < -0.3 is 43.4 Å². The molecule has 10 nitrogen and oxygen atoms in total. The second-order valence-corrected chi connectivity index (χ2v) is 14.4. The number of rotatable bonds is 28. The van der Waals surface area contributed by atoms with Crippen LogP contribution in [0.15, 0.2) is 0 Å². The van der Waals surface area contributed by atoms with Crippen molar-refractivity contribution >= 4 is 11.8 Å². The summed E-state index contributed by atoms with van der Waals surface area (Å²) in [6.45, 7) is 11.1. The van der Waals surface area contributed by atoms with E-state index in [0.29, 0.717) is 24.7 Å². The van der Waals surface area contributed by atoms with E-state index in [0.717, 1.165) is 111 Å².